The van der Waals surface area contributed by atoms with Crippen LogP contribution in [-0.2, 0) is 6.54 Å². The molecule has 0 radical (unpaired) electrons. The quantitative estimate of drug-likeness (QED) is 0.349. The van der Waals surface area contributed by atoms with E-state index in [4.69, 9.17) is 0 Å². The lowest BCUT2D eigenvalue weighted by Gasteiger charge is -2.03. The van der Waals surface area contributed by atoms with Gasteiger partial charge in [0.25, 0.3) is 5.69 Å². The summed E-state index contributed by atoms with van der Waals surface area (Å²) in [6, 6.07) is 3.56. The lowest BCUT2D eigenvalue weighted by molar-refractivity contribution is -0.385. The predicted octanol–water partition coefficient (Wildman–Crippen LogP) is 2.40. The van der Waals surface area contributed by atoms with Crippen molar-refractivity contribution >= 4 is 5.69 Å². The van der Waals surface area contributed by atoms with E-state index in [0.717, 1.165) is 12.5 Å². The summed E-state index contributed by atoms with van der Waals surface area (Å²) in [6.07, 6.45) is 2.57. The van der Waals surface area contributed by atoms with Crippen LogP contribution in [0.2, 0.25) is 0 Å². The Morgan fingerprint density at radius 1 is 1.50 bits per heavy atom. The van der Waals surface area contributed by atoms with E-state index in [0.29, 0.717) is 18.7 Å². The monoisotopic (exact) mass is 224 g/mol. The Labute approximate surface area is 92.9 Å². The standard InChI is InChI=1S/C11H13FN2O2/c1-2-3-4-13-8-9-5-10(12)7-11(6-9)14(15)16/h2,5-7,13H,1,3-4,8H2. The Hall–Kier alpha value is -1.75. The lowest BCUT2D eigenvalue weighted by Crippen LogP contribution is -2.14. The van der Waals surface area contributed by atoms with Gasteiger partial charge in [0.05, 0.1) is 11.0 Å². The fourth-order valence-corrected chi connectivity index (χ4v) is 1.28. The minimum absolute atomic E-state index is 0.222. The van der Waals surface area contributed by atoms with Gasteiger partial charge in [0, 0.05) is 12.6 Å². The van der Waals surface area contributed by atoms with Crippen molar-refractivity contribution < 1.29 is 9.31 Å². The van der Waals surface area contributed by atoms with Crippen molar-refractivity contribution in [2.45, 2.75) is 13.0 Å². The van der Waals surface area contributed by atoms with Crippen LogP contribution in [0.15, 0.2) is 30.9 Å². The summed E-state index contributed by atoms with van der Waals surface area (Å²) in [4.78, 5) is 9.89. The molecule has 1 rings (SSSR count). The zero-order valence-corrected chi connectivity index (χ0v) is 8.78. The SMILES string of the molecule is C=CCCNCc1cc(F)cc([N+](=O)[O-])c1. The minimum Gasteiger partial charge on any atom is -0.312 e. The van der Waals surface area contributed by atoms with Crippen molar-refractivity contribution in [3.8, 4) is 0 Å². The van der Waals surface area contributed by atoms with Crippen molar-refractivity contribution in [2.75, 3.05) is 6.54 Å². The first-order chi connectivity index (χ1) is 7.63. The molecule has 0 unspecified atom stereocenters. The van der Waals surface area contributed by atoms with E-state index in [-0.39, 0.29) is 5.69 Å². The third-order valence-corrected chi connectivity index (χ3v) is 2.01. The summed E-state index contributed by atoms with van der Waals surface area (Å²) in [5.74, 6) is -0.588. The van der Waals surface area contributed by atoms with E-state index in [9.17, 15) is 14.5 Å². The predicted molar refractivity (Wildman–Crippen MR) is 59.6 cm³/mol. The molecule has 0 aromatic heterocycles. The first kappa shape index (κ1) is 12.3. The van der Waals surface area contributed by atoms with Gasteiger partial charge in [0.1, 0.15) is 5.82 Å². The number of rotatable bonds is 6. The average molecular weight is 224 g/mol. The van der Waals surface area contributed by atoms with E-state index < -0.39 is 10.7 Å². The molecule has 0 aliphatic carbocycles. The molecule has 4 nitrogen and oxygen atoms in total. The van der Waals surface area contributed by atoms with E-state index in [1.165, 1.54) is 12.1 Å². The molecule has 0 spiro atoms. The normalized spacial score (nSPS) is 10.1. The molecule has 1 aromatic rings. The Morgan fingerprint density at radius 2 is 2.25 bits per heavy atom. The zero-order valence-electron chi connectivity index (χ0n) is 8.78. The van der Waals surface area contributed by atoms with Crippen LogP contribution < -0.4 is 5.32 Å². The smallest absolute Gasteiger partial charge is 0.272 e. The molecule has 16 heavy (non-hydrogen) atoms. The highest BCUT2D eigenvalue weighted by Crippen LogP contribution is 2.15. The highest BCUT2D eigenvalue weighted by molar-refractivity contribution is 5.35. The van der Waals surface area contributed by atoms with E-state index >= 15 is 0 Å². The molecule has 86 valence electrons. The fourth-order valence-electron chi connectivity index (χ4n) is 1.28. The van der Waals surface area contributed by atoms with Crippen LogP contribution in [0.1, 0.15) is 12.0 Å². The van der Waals surface area contributed by atoms with Gasteiger partial charge in [-0.05, 0) is 24.6 Å². The van der Waals surface area contributed by atoms with Crippen LogP contribution in [0.5, 0.6) is 0 Å². The Bertz CT molecular complexity index is 394. The molecule has 0 saturated carbocycles. The molecule has 0 fully saturated rings. The van der Waals surface area contributed by atoms with Gasteiger partial charge in [0.2, 0.25) is 0 Å². The Balaban J connectivity index is 2.65. The summed E-state index contributed by atoms with van der Waals surface area (Å²) >= 11 is 0. The Kier molecular flexibility index (Phi) is 4.60. The summed E-state index contributed by atoms with van der Waals surface area (Å²) in [6.45, 7) is 4.69. The molecule has 0 aliphatic heterocycles. The van der Waals surface area contributed by atoms with Gasteiger partial charge in [0.15, 0.2) is 0 Å². The molecule has 0 atom stereocenters. The summed E-state index contributed by atoms with van der Waals surface area (Å²) in [5.41, 5.74) is 0.344. The van der Waals surface area contributed by atoms with Crippen LogP contribution >= 0.6 is 0 Å². The second-order valence-electron chi connectivity index (χ2n) is 3.33. The molecule has 1 N–H and O–H groups in total. The largest absolute Gasteiger partial charge is 0.312 e. The van der Waals surface area contributed by atoms with Crippen LogP contribution in [-0.4, -0.2) is 11.5 Å². The van der Waals surface area contributed by atoms with E-state index in [1.807, 2.05) is 0 Å². The average Bonchev–Trinajstić information content (AvgIpc) is 2.23. The highest BCUT2D eigenvalue weighted by Gasteiger charge is 2.09. The molecule has 1 aromatic carbocycles. The summed E-state index contributed by atoms with van der Waals surface area (Å²) < 4.78 is 13.0. The number of halogens is 1. The Morgan fingerprint density at radius 3 is 2.88 bits per heavy atom. The number of nitrogens with one attached hydrogen (secondary N) is 1. The second-order valence-corrected chi connectivity index (χ2v) is 3.33. The number of non-ortho nitro benzene ring substituents is 1. The van der Waals surface area contributed by atoms with Crippen LogP contribution in [0.4, 0.5) is 10.1 Å². The van der Waals surface area contributed by atoms with Crippen molar-refractivity contribution in [2.24, 2.45) is 0 Å². The van der Waals surface area contributed by atoms with Gasteiger partial charge >= 0.3 is 0 Å². The van der Waals surface area contributed by atoms with Crippen molar-refractivity contribution in [1.82, 2.24) is 5.32 Å². The molecular weight excluding hydrogens is 211 g/mol. The van der Waals surface area contributed by atoms with Crippen molar-refractivity contribution in [1.29, 1.82) is 0 Å². The van der Waals surface area contributed by atoms with Crippen LogP contribution in [0.3, 0.4) is 0 Å². The molecule has 0 saturated heterocycles. The van der Waals surface area contributed by atoms with Crippen LogP contribution in [0.25, 0.3) is 0 Å². The van der Waals surface area contributed by atoms with Gasteiger partial charge in [-0.25, -0.2) is 4.39 Å². The number of nitro groups is 1. The summed E-state index contributed by atoms with van der Waals surface area (Å²) in [5, 5.41) is 13.5. The number of hydrogen-bond donors (Lipinski definition) is 1. The number of nitro benzene ring substituents is 1. The van der Waals surface area contributed by atoms with Crippen LogP contribution in [0, 0.1) is 15.9 Å². The fraction of sp³-hybridized carbons (Fsp3) is 0.273. The third kappa shape index (κ3) is 3.78. The maximum Gasteiger partial charge on any atom is 0.272 e. The molecule has 0 bridgehead atoms. The molecular formula is C11H13FN2O2. The molecule has 5 heteroatoms. The lowest BCUT2D eigenvalue weighted by atomic mass is 10.2. The van der Waals surface area contributed by atoms with Gasteiger partial charge in [-0.15, -0.1) is 6.58 Å². The number of nitrogens with zero attached hydrogens (tertiary/aromatic N) is 1. The molecule has 0 aliphatic rings. The minimum atomic E-state index is -0.601. The summed E-state index contributed by atoms with van der Waals surface area (Å²) in [7, 11) is 0. The van der Waals surface area contributed by atoms with Gasteiger partial charge in [-0.1, -0.05) is 6.08 Å². The molecule has 0 heterocycles. The van der Waals surface area contributed by atoms with Crippen molar-refractivity contribution in [3.63, 3.8) is 0 Å². The first-order valence-electron chi connectivity index (χ1n) is 4.89. The van der Waals surface area contributed by atoms with Gasteiger partial charge in [-0.3, -0.25) is 10.1 Å². The highest BCUT2D eigenvalue weighted by atomic mass is 19.1. The van der Waals surface area contributed by atoms with Gasteiger partial charge < -0.3 is 5.32 Å². The number of benzene rings is 1. The topological polar surface area (TPSA) is 55.2 Å². The zero-order chi connectivity index (χ0) is 12.0. The first-order valence-corrected chi connectivity index (χ1v) is 4.89. The third-order valence-electron chi connectivity index (χ3n) is 2.01. The maximum absolute atomic E-state index is 13.0. The second kappa shape index (κ2) is 5.97. The van der Waals surface area contributed by atoms with Gasteiger partial charge in [-0.2, -0.15) is 0 Å². The van der Waals surface area contributed by atoms with E-state index in [2.05, 4.69) is 11.9 Å². The molecule has 0 amide bonds. The van der Waals surface area contributed by atoms with Crippen molar-refractivity contribution in [3.05, 3.63) is 52.3 Å². The number of hydrogen-bond acceptors (Lipinski definition) is 3. The maximum atomic E-state index is 13.0. The van der Waals surface area contributed by atoms with E-state index in [1.54, 1.807) is 6.08 Å².